The van der Waals surface area contributed by atoms with Crippen LogP contribution in [0.15, 0.2) is 35.7 Å². The summed E-state index contributed by atoms with van der Waals surface area (Å²) in [7, 11) is 0. The third kappa shape index (κ3) is 3.19. The van der Waals surface area contributed by atoms with Gasteiger partial charge in [-0.25, -0.2) is 4.98 Å². The van der Waals surface area contributed by atoms with Gasteiger partial charge in [-0.1, -0.05) is 30.3 Å². The van der Waals surface area contributed by atoms with Crippen LogP contribution in [0.1, 0.15) is 11.4 Å². The van der Waals surface area contributed by atoms with Gasteiger partial charge in [0.15, 0.2) is 0 Å². The number of aromatic nitrogens is 1. The number of hydrogen-bond donors (Lipinski definition) is 1. The standard InChI is InChI=1S/C15H18N2S2/c16-13(12-6-7-18-9-12)8-15-17-14(10-19-15)11-4-2-1-3-5-11/h1-5,10,12-13H,6-9,16H2. The number of hydrogen-bond acceptors (Lipinski definition) is 4. The van der Waals surface area contributed by atoms with Crippen LogP contribution in [0.25, 0.3) is 11.3 Å². The van der Waals surface area contributed by atoms with Crippen LogP contribution in [0.3, 0.4) is 0 Å². The van der Waals surface area contributed by atoms with Crippen molar-refractivity contribution in [2.24, 2.45) is 11.7 Å². The van der Waals surface area contributed by atoms with E-state index in [1.54, 1.807) is 11.3 Å². The van der Waals surface area contributed by atoms with Gasteiger partial charge in [0.05, 0.1) is 10.7 Å². The molecule has 1 fully saturated rings. The number of benzene rings is 1. The Hall–Kier alpha value is -0.840. The van der Waals surface area contributed by atoms with E-state index in [0.29, 0.717) is 5.92 Å². The van der Waals surface area contributed by atoms with Crippen LogP contribution in [0.5, 0.6) is 0 Å². The van der Waals surface area contributed by atoms with Crippen LogP contribution in [0, 0.1) is 5.92 Å². The highest BCUT2D eigenvalue weighted by molar-refractivity contribution is 7.99. The molecule has 19 heavy (non-hydrogen) atoms. The third-order valence-electron chi connectivity index (χ3n) is 3.60. The molecule has 1 aliphatic heterocycles. The van der Waals surface area contributed by atoms with Crippen molar-refractivity contribution in [1.82, 2.24) is 4.98 Å². The Kier molecular flexibility index (Phi) is 4.21. The van der Waals surface area contributed by atoms with Crippen molar-refractivity contribution < 1.29 is 0 Å². The zero-order valence-corrected chi connectivity index (χ0v) is 12.4. The summed E-state index contributed by atoms with van der Waals surface area (Å²) in [5.41, 5.74) is 8.58. The summed E-state index contributed by atoms with van der Waals surface area (Å²) in [5, 5.41) is 3.31. The fraction of sp³-hybridized carbons (Fsp3) is 0.400. The molecule has 0 amide bonds. The Morgan fingerprint density at radius 1 is 1.32 bits per heavy atom. The van der Waals surface area contributed by atoms with E-state index in [2.05, 4.69) is 29.6 Å². The molecule has 2 N–H and O–H groups in total. The van der Waals surface area contributed by atoms with Gasteiger partial charge in [0.2, 0.25) is 0 Å². The quantitative estimate of drug-likeness (QED) is 0.937. The number of nitrogens with zero attached hydrogens (tertiary/aromatic N) is 1. The predicted molar refractivity (Wildman–Crippen MR) is 84.7 cm³/mol. The molecule has 0 spiro atoms. The Bertz CT molecular complexity index is 518. The second kappa shape index (κ2) is 6.07. The zero-order valence-electron chi connectivity index (χ0n) is 10.8. The minimum atomic E-state index is 0.268. The fourth-order valence-corrected chi connectivity index (χ4v) is 4.63. The van der Waals surface area contributed by atoms with E-state index in [-0.39, 0.29) is 6.04 Å². The van der Waals surface area contributed by atoms with E-state index < -0.39 is 0 Å². The first-order valence-electron chi connectivity index (χ1n) is 6.66. The molecule has 1 aromatic heterocycles. The van der Waals surface area contributed by atoms with E-state index in [0.717, 1.165) is 12.1 Å². The lowest BCUT2D eigenvalue weighted by Crippen LogP contribution is -2.32. The van der Waals surface area contributed by atoms with Crippen LogP contribution < -0.4 is 5.73 Å². The van der Waals surface area contributed by atoms with E-state index in [1.807, 2.05) is 17.8 Å². The lowest BCUT2D eigenvalue weighted by Gasteiger charge is -2.16. The van der Waals surface area contributed by atoms with Crippen LogP contribution in [-0.4, -0.2) is 22.5 Å². The first-order chi connectivity index (χ1) is 9.33. The Morgan fingerprint density at radius 2 is 2.16 bits per heavy atom. The van der Waals surface area contributed by atoms with Crippen molar-refractivity contribution in [1.29, 1.82) is 0 Å². The smallest absolute Gasteiger partial charge is 0.0948 e. The summed E-state index contributed by atoms with van der Waals surface area (Å²) in [5.74, 6) is 3.16. The van der Waals surface area contributed by atoms with Crippen molar-refractivity contribution in [3.8, 4) is 11.3 Å². The summed E-state index contributed by atoms with van der Waals surface area (Å²) in [6.07, 6.45) is 2.19. The van der Waals surface area contributed by atoms with Crippen molar-refractivity contribution in [2.75, 3.05) is 11.5 Å². The Balaban J connectivity index is 1.68. The average molecular weight is 290 g/mol. The largest absolute Gasteiger partial charge is 0.327 e. The van der Waals surface area contributed by atoms with E-state index in [1.165, 1.54) is 28.5 Å². The minimum absolute atomic E-state index is 0.268. The first kappa shape index (κ1) is 13.2. The Labute approximate surface area is 122 Å². The van der Waals surface area contributed by atoms with Crippen LogP contribution >= 0.6 is 23.1 Å². The average Bonchev–Trinajstić information content (AvgIpc) is 3.11. The maximum atomic E-state index is 6.31. The molecule has 3 rings (SSSR count). The third-order valence-corrected chi connectivity index (χ3v) is 5.66. The molecule has 2 atom stereocenters. The maximum absolute atomic E-state index is 6.31. The first-order valence-corrected chi connectivity index (χ1v) is 8.69. The molecule has 0 saturated carbocycles. The number of nitrogens with two attached hydrogens (primary N) is 1. The molecular formula is C15H18N2S2. The molecule has 0 radical (unpaired) electrons. The van der Waals surface area contributed by atoms with E-state index in [9.17, 15) is 0 Å². The molecule has 1 aliphatic rings. The van der Waals surface area contributed by atoms with Gasteiger partial charge in [-0.3, -0.25) is 0 Å². The normalized spacial score (nSPS) is 20.6. The monoisotopic (exact) mass is 290 g/mol. The summed E-state index contributed by atoms with van der Waals surface area (Å²) in [6.45, 7) is 0. The molecule has 0 aliphatic carbocycles. The molecule has 2 aromatic rings. The second-order valence-electron chi connectivity index (χ2n) is 4.98. The van der Waals surface area contributed by atoms with E-state index in [4.69, 9.17) is 10.7 Å². The molecule has 2 unspecified atom stereocenters. The summed E-state index contributed by atoms with van der Waals surface area (Å²) >= 11 is 3.76. The number of thioether (sulfide) groups is 1. The second-order valence-corrected chi connectivity index (χ2v) is 7.08. The predicted octanol–water partition coefficient (Wildman–Crippen LogP) is 3.43. The van der Waals surface area contributed by atoms with Crippen LogP contribution in [-0.2, 0) is 6.42 Å². The van der Waals surface area contributed by atoms with Gasteiger partial charge in [0.25, 0.3) is 0 Å². The number of rotatable bonds is 4. The summed E-state index contributed by atoms with van der Waals surface area (Å²) in [6, 6.07) is 10.6. The van der Waals surface area contributed by atoms with Crippen molar-refractivity contribution >= 4 is 23.1 Å². The molecule has 4 heteroatoms. The lowest BCUT2D eigenvalue weighted by atomic mass is 9.98. The lowest BCUT2D eigenvalue weighted by molar-refractivity contribution is 0.462. The molecule has 2 nitrogen and oxygen atoms in total. The van der Waals surface area contributed by atoms with Crippen molar-refractivity contribution in [3.63, 3.8) is 0 Å². The molecule has 0 bridgehead atoms. The minimum Gasteiger partial charge on any atom is -0.327 e. The van der Waals surface area contributed by atoms with E-state index >= 15 is 0 Å². The SMILES string of the molecule is NC(Cc1nc(-c2ccccc2)cs1)C1CCSC1. The molecule has 100 valence electrons. The van der Waals surface area contributed by atoms with Gasteiger partial charge in [0.1, 0.15) is 0 Å². The van der Waals surface area contributed by atoms with Gasteiger partial charge in [-0.2, -0.15) is 11.8 Å². The summed E-state index contributed by atoms with van der Waals surface area (Å²) < 4.78 is 0. The highest BCUT2D eigenvalue weighted by Gasteiger charge is 2.23. The highest BCUT2D eigenvalue weighted by atomic mass is 32.2. The van der Waals surface area contributed by atoms with Gasteiger partial charge >= 0.3 is 0 Å². The summed E-state index contributed by atoms with van der Waals surface area (Å²) in [4.78, 5) is 4.72. The maximum Gasteiger partial charge on any atom is 0.0948 e. The highest BCUT2D eigenvalue weighted by Crippen LogP contribution is 2.28. The van der Waals surface area contributed by atoms with Crippen LogP contribution in [0.2, 0.25) is 0 Å². The number of thiazole rings is 1. The topological polar surface area (TPSA) is 38.9 Å². The van der Waals surface area contributed by atoms with Gasteiger partial charge < -0.3 is 5.73 Å². The molecule has 1 aromatic carbocycles. The van der Waals surface area contributed by atoms with Gasteiger partial charge in [-0.15, -0.1) is 11.3 Å². The van der Waals surface area contributed by atoms with Crippen LogP contribution in [0.4, 0.5) is 0 Å². The van der Waals surface area contributed by atoms with Crippen molar-refractivity contribution in [2.45, 2.75) is 18.9 Å². The molecule has 2 heterocycles. The fourth-order valence-electron chi connectivity index (χ4n) is 2.40. The molecular weight excluding hydrogens is 272 g/mol. The Morgan fingerprint density at radius 3 is 2.89 bits per heavy atom. The molecule has 1 saturated heterocycles. The van der Waals surface area contributed by atoms with Crippen molar-refractivity contribution in [3.05, 3.63) is 40.7 Å². The van der Waals surface area contributed by atoms with Gasteiger partial charge in [0, 0.05) is 23.4 Å². The zero-order chi connectivity index (χ0) is 13.1. The van der Waals surface area contributed by atoms with Gasteiger partial charge in [-0.05, 0) is 23.8 Å².